The van der Waals surface area contributed by atoms with Crippen molar-refractivity contribution in [1.29, 1.82) is 0 Å². The molecule has 25 valence electrons. The molecule has 0 bridgehead atoms. The maximum absolute atomic E-state index is 0. The summed E-state index contributed by atoms with van der Waals surface area (Å²) in [5.41, 5.74) is 0. The van der Waals surface area contributed by atoms with E-state index in [9.17, 15) is 0 Å². The molecule has 1 radical (unpaired) electrons. The van der Waals surface area contributed by atoms with Gasteiger partial charge in [0.25, 0.3) is 0 Å². The number of hydrogen-bond acceptors (Lipinski definition) is 0. The summed E-state index contributed by atoms with van der Waals surface area (Å²) in [6.45, 7) is 0. The van der Waals surface area contributed by atoms with Crippen LogP contribution in [0.25, 0.3) is 0 Å². The SMILES string of the molecule is [Al+3].[Ce+3].[S-2].[S-2].[S-2]. The second-order valence-electron chi connectivity index (χ2n) is 0. The van der Waals surface area contributed by atoms with Crippen molar-refractivity contribution in [3.05, 3.63) is 0 Å². The number of rotatable bonds is 0. The third-order valence-corrected chi connectivity index (χ3v) is 0. The average Bonchev–Trinajstić information content (AvgIpc) is 0. The van der Waals surface area contributed by atoms with Crippen LogP contribution >= 0.6 is 0 Å². The largest absolute Gasteiger partial charge is 3.00 e. The molecule has 0 nitrogen and oxygen atoms in total. The predicted octanol–water partition coefficient (Wildman–Crippen LogP) is -0.388. The predicted molar refractivity (Wildman–Crippen MR) is 27.8 cm³/mol. The Morgan fingerprint density at radius 3 is 0.600 bits per heavy atom. The standard InChI is InChI=1S/Al.Ce.3S/q2*+3;3*-2. The Bertz CT molecular complexity index is 6.85. The minimum atomic E-state index is 0. The minimum Gasteiger partial charge on any atom is -2.00 e. The Kier molecular flexibility index (Phi) is 248. The summed E-state index contributed by atoms with van der Waals surface area (Å²) in [7, 11) is 0. The maximum atomic E-state index is 0. The van der Waals surface area contributed by atoms with E-state index in [0.717, 1.165) is 0 Å². The van der Waals surface area contributed by atoms with Crippen LogP contribution in [0.5, 0.6) is 0 Å². The number of hydrogen-bond donors (Lipinski definition) is 0. The molecule has 0 saturated carbocycles. The van der Waals surface area contributed by atoms with Crippen molar-refractivity contribution in [2.75, 3.05) is 0 Å². The summed E-state index contributed by atoms with van der Waals surface area (Å²) >= 11 is 0. The summed E-state index contributed by atoms with van der Waals surface area (Å²) in [5.74, 6) is 0. The van der Waals surface area contributed by atoms with Gasteiger partial charge in [-0.15, -0.1) is 0 Å². The van der Waals surface area contributed by atoms with Crippen molar-refractivity contribution in [2.45, 2.75) is 0 Å². The Hall–Kier alpha value is 2.96. The van der Waals surface area contributed by atoms with Crippen LogP contribution in [0, 0.1) is 41.7 Å². The quantitative estimate of drug-likeness (QED) is 0.522. The molecule has 5 heavy (non-hydrogen) atoms. The van der Waals surface area contributed by atoms with E-state index in [1.807, 2.05) is 0 Å². The second kappa shape index (κ2) is 28.2. The molecule has 0 saturated heterocycles. The Morgan fingerprint density at radius 2 is 0.600 bits per heavy atom. The van der Waals surface area contributed by atoms with Crippen molar-refractivity contribution in [2.24, 2.45) is 0 Å². The topological polar surface area (TPSA) is 0 Å². The fraction of sp³-hybridized carbons (Fsp3) is 0. The second-order valence-corrected chi connectivity index (χ2v) is 0. The molecule has 0 heterocycles. The molecule has 0 rings (SSSR count). The van der Waals surface area contributed by atoms with Gasteiger partial charge < -0.3 is 40.5 Å². The fourth-order valence-corrected chi connectivity index (χ4v) is 0. The molecular weight excluding hydrogens is 263 g/mol. The van der Waals surface area contributed by atoms with Crippen molar-refractivity contribution < 1.29 is 41.7 Å². The van der Waals surface area contributed by atoms with Gasteiger partial charge in [0.15, 0.2) is 0 Å². The molecule has 5 heteroatoms. The van der Waals surface area contributed by atoms with Gasteiger partial charge in [0.05, 0.1) is 0 Å². The molecule has 0 aliphatic rings. The normalized spacial score (nSPS) is 0. The molecule has 0 aromatic carbocycles. The van der Waals surface area contributed by atoms with Crippen LogP contribution in [0.3, 0.4) is 0 Å². The molecule has 0 atom stereocenters. The van der Waals surface area contributed by atoms with Gasteiger partial charge >= 0.3 is 59.1 Å². The molecule has 0 fully saturated rings. The third-order valence-electron chi connectivity index (χ3n) is 0. The molecule has 0 aromatic rings. The van der Waals surface area contributed by atoms with Gasteiger partial charge in [-0.2, -0.15) is 0 Å². The first kappa shape index (κ1) is 44.0. The monoisotopic (exact) mass is 263 g/mol. The molecule has 0 aromatic heterocycles. The van der Waals surface area contributed by atoms with Gasteiger partial charge in [0, 0.05) is 0 Å². The average molecular weight is 263 g/mol. The molecule has 0 N–H and O–H groups in total. The van der Waals surface area contributed by atoms with Crippen molar-refractivity contribution in [3.8, 4) is 0 Å². The van der Waals surface area contributed by atoms with Crippen LogP contribution in [0.1, 0.15) is 0 Å². The third kappa shape index (κ3) is 19.5. The summed E-state index contributed by atoms with van der Waals surface area (Å²) < 4.78 is 0. The van der Waals surface area contributed by atoms with Crippen LogP contribution in [0.15, 0.2) is 0 Å². The van der Waals surface area contributed by atoms with Gasteiger partial charge in [-0.05, 0) is 0 Å². The van der Waals surface area contributed by atoms with Crippen LogP contribution < -0.4 is 0 Å². The minimum absolute atomic E-state index is 0. The van der Waals surface area contributed by atoms with E-state index in [-0.39, 0.29) is 99.6 Å². The Morgan fingerprint density at radius 1 is 0.600 bits per heavy atom. The summed E-state index contributed by atoms with van der Waals surface area (Å²) in [4.78, 5) is 0. The van der Waals surface area contributed by atoms with E-state index < -0.39 is 0 Å². The van der Waals surface area contributed by atoms with Gasteiger partial charge in [-0.3, -0.25) is 0 Å². The van der Waals surface area contributed by atoms with E-state index in [1.54, 1.807) is 0 Å². The zero-order valence-corrected chi connectivity index (χ0v) is 9.05. The Balaban J connectivity index is 0. The zero-order valence-electron chi connectivity index (χ0n) is 2.30. The van der Waals surface area contributed by atoms with Crippen LogP contribution in [0.4, 0.5) is 0 Å². The first-order valence-corrected chi connectivity index (χ1v) is 0. The first-order chi connectivity index (χ1) is 0. The maximum Gasteiger partial charge on any atom is 3.00 e. The molecule has 0 aliphatic carbocycles. The van der Waals surface area contributed by atoms with Crippen LogP contribution in [0.2, 0.25) is 0 Å². The molecule has 0 amide bonds. The zero-order chi connectivity index (χ0) is 0. The van der Waals surface area contributed by atoms with E-state index in [4.69, 9.17) is 0 Å². The molecular formula is AlCeS3. The molecule has 0 aliphatic heterocycles. The van der Waals surface area contributed by atoms with E-state index >= 15 is 0 Å². The first-order valence-electron chi connectivity index (χ1n) is 0. The van der Waals surface area contributed by atoms with E-state index in [2.05, 4.69) is 0 Å². The van der Waals surface area contributed by atoms with Crippen molar-refractivity contribution in [3.63, 3.8) is 0 Å². The molecule has 0 unspecified atom stereocenters. The van der Waals surface area contributed by atoms with Gasteiger partial charge in [-0.1, -0.05) is 0 Å². The van der Waals surface area contributed by atoms with Gasteiger partial charge in [0.2, 0.25) is 0 Å². The van der Waals surface area contributed by atoms with Gasteiger partial charge in [0.1, 0.15) is 0 Å². The van der Waals surface area contributed by atoms with E-state index in [0.29, 0.717) is 0 Å². The van der Waals surface area contributed by atoms with Crippen molar-refractivity contribution in [1.82, 2.24) is 0 Å². The summed E-state index contributed by atoms with van der Waals surface area (Å²) in [6, 6.07) is 0. The Labute approximate surface area is 97.7 Å². The van der Waals surface area contributed by atoms with Gasteiger partial charge in [-0.25, -0.2) is 0 Å². The summed E-state index contributed by atoms with van der Waals surface area (Å²) in [5, 5.41) is 0. The van der Waals surface area contributed by atoms with Crippen LogP contribution in [-0.2, 0) is 40.5 Å². The van der Waals surface area contributed by atoms with E-state index in [1.165, 1.54) is 0 Å². The summed E-state index contributed by atoms with van der Waals surface area (Å²) in [6.07, 6.45) is 0. The fourth-order valence-electron chi connectivity index (χ4n) is 0. The smallest absolute Gasteiger partial charge is 2.00 e. The van der Waals surface area contributed by atoms with Crippen molar-refractivity contribution >= 4 is 57.8 Å². The van der Waals surface area contributed by atoms with Crippen LogP contribution in [-0.4, -0.2) is 17.4 Å². The molecule has 0 spiro atoms.